The van der Waals surface area contributed by atoms with Crippen molar-refractivity contribution in [3.8, 4) is 0 Å². The maximum atomic E-state index is 11.0. The summed E-state index contributed by atoms with van der Waals surface area (Å²) >= 11 is 7.72. The van der Waals surface area contributed by atoms with E-state index in [4.69, 9.17) is 11.6 Å². The van der Waals surface area contributed by atoms with Gasteiger partial charge in [0.15, 0.2) is 0 Å². The van der Waals surface area contributed by atoms with E-state index < -0.39 is 5.60 Å². The van der Waals surface area contributed by atoms with Crippen LogP contribution in [0.1, 0.15) is 28.8 Å². The molecule has 0 spiro atoms. The van der Waals surface area contributed by atoms with Crippen LogP contribution in [0.25, 0.3) is 0 Å². The molecule has 1 nitrogen and oxygen atoms in total. The highest BCUT2D eigenvalue weighted by Gasteiger charge is 2.38. The predicted molar refractivity (Wildman–Crippen MR) is 71.7 cm³/mol. The van der Waals surface area contributed by atoms with E-state index >= 15 is 0 Å². The van der Waals surface area contributed by atoms with Crippen LogP contribution in [-0.2, 0) is 12.0 Å². The Kier molecular flexibility index (Phi) is 2.74. The first kappa shape index (κ1) is 11.3. The monoisotopic (exact) mass is 264 g/mol. The summed E-state index contributed by atoms with van der Waals surface area (Å²) in [7, 11) is 0. The van der Waals surface area contributed by atoms with Gasteiger partial charge in [0.05, 0.1) is 9.90 Å². The molecule has 2 aromatic rings. The Labute approximate surface area is 110 Å². The van der Waals surface area contributed by atoms with E-state index in [0.717, 1.165) is 29.7 Å². The van der Waals surface area contributed by atoms with Crippen molar-refractivity contribution in [1.82, 2.24) is 0 Å². The van der Waals surface area contributed by atoms with Crippen LogP contribution < -0.4 is 0 Å². The zero-order valence-electron chi connectivity index (χ0n) is 9.32. The van der Waals surface area contributed by atoms with Crippen LogP contribution in [-0.4, -0.2) is 5.11 Å². The summed E-state index contributed by atoms with van der Waals surface area (Å²) in [6, 6.07) is 9.99. The lowest BCUT2D eigenvalue weighted by molar-refractivity contribution is 0.0654. The number of hydrogen-bond donors (Lipinski definition) is 1. The van der Waals surface area contributed by atoms with Gasteiger partial charge in [-0.05, 0) is 41.8 Å². The number of thiophene rings is 1. The Hall–Kier alpha value is -0.830. The Morgan fingerprint density at radius 1 is 1.24 bits per heavy atom. The standard InChI is InChI=1S/C14H13ClOS/c15-12-7-9-17-13(12)14(16)8-3-5-10-4-1-2-6-11(10)14/h1-2,4,6-7,9,16H,3,5,8H2. The Bertz CT molecular complexity index is 549. The molecule has 0 saturated carbocycles. The molecule has 1 atom stereocenters. The minimum atomic E-state index is -0.889. The summed E-state index contributed by atoms with van der Waals surface area (Å²) in [5.74, 6) is 0. The molecule has 1 N–H and O–H groups in total. The second-order valence-electron chi connectivity index (χ2n) is 4.47. The molecule has 0 amide bonds. The quantitative estimate of drug-likeness (QED) is 0.826. The zero-order valence-corrected chi connectivity index (χ0v) is 10.9. The van der Waals surface area contributed by atoms with Crippen molar-refractivity contribution in [2.45, 2.75) is 24.9 Å². The fourth-order valence-corrected chi connectivity index (χ4v) is 3.99. The minimum Gasteiger partial charge on any atom is -0.379 e. The Balaban J connectivity index is 2.19. The lowest BCUT2D eigenvalue weighted by atomic mass is 9.78. The van der Waals surface area contributed by atoms with Crippen molar-refractivity contribution in [3.63, 3.8) is 0 Å². The Morgan fingerprint density at radius 2 is 2.06 bits per heavy atom. The molecule has 1 aromatic carbocycles. The summed E-state index contributed by atoms with van der Waals surface area (Å²) in [6.07, 6.45) is 2.80. The van der Waals surface area contributed by atoms with Crippen molar-refractivity contribution in [2.75, 3.05) is 0 Å². The van der Waals surface area contributed by atoms with Gasteiger partial charge in [-0.25, -0.2) is 0 Å². The first-order valence-corrected chi connectivity index (χ1v) is 7.02. The molecular weight excluding hydrogens is 252 g/mol. The van der Waals surface area contributed by atoms with E-state index in [1.807, 2.05) is 29.6 Å². The molecule has 1 aliphatic carbocycles. The third-order valence-electron chi connectivity index (χ3n) is 3.44. The van der Waals surface area contributed by atoms with E-state index in [-0.39, 0.29) is 0 Å². The number of hydrogen-bond acceptors (Lipinski definition) is 2. The first-order chi connectivity index (χ1) is 8.22. The summed E-state index contributed by atoms with van der Waals surface area (Å²) in [5, 5.41) is 13.6. The zero-order chi connectivity index (χ0) is 11.9. The molecule has 1 unspecified atom stereocenters. The molecule has 88 valence electrons. The number of benzene rings is 1. The smallest absolute Gasteiger partial charge is 0.125 e. The molecule has 0 saturated heterocycles. The Morgan fingerprint density at radius 3 is 2.82 bits per heavy atom. The molecule has 0 bridgehead atoms. The van der Waals surface area contributed by atoms with Gasteiger partial charge >= 0.3 is 0 Å². The van der Waals surface area contributed by atoms with Gasteiger partial charge in [0.1, 0.15) is 5.60 Å². The molecule has 1 aromatic heterocycles. The summed E-state index contributed by atoms with van der Waals surface area (Å²) in [4.78, 5) is 0.881. The summed E-state index contributed by atoms with van der Waals surface area (Å²) in [5.41, 5.74) is 1.38. The van der Waals surface area contributed by atoms with Crippen LogP contribution in [0, 0.1) is 0 Å². The molecule has 0 fully saturated rings. The van der Waals surface area contributed by atoms with Crippen LogP contribution >= 0.6 is 22.9 Å². The van der Waals surface area contributed by atoms with Gasteiger partial charge in [0.2, 0.25) is 0 Å². The number of aliphatic hydroxyl groups is 1. The van der Waals surface area contributed by atoms with Gasteiger partial charge in [0.25, 0.3) is 0 Å². The van der Waals surface area contributed by atoms with E-state index in [1.54, 1.807) is 0 Å². The second-order valence-corrected chi connectivity index (χ2v) is 5.79. The highest BCUT2D eigenvalue weighted by atomic mass is 35.5. The second kappa shape index (κ2) is 4.13. The first-order valence-electron chi connectivity index (χ1n) is 5.76. The van der Waals surface area contributed by atoms with Crippen molar-refractivity contribution in [2.24, 2.45) is 0 Å². The lowest BCUT2D eigenvalue weighted by Gasteiger charge is -2.34. The van der Waals surface area contributed by atoms with Crippen LogP contribution in [0.15, 0.2) is 35.7 Å². The molecule has 3 heteroatoms. The van der Waals surface area contributed by atoms with E-state index in [9.17, 15) is 5.11 Å². The third kappa shape index (κ3) is 1.71. The normalized spacial score (nSPS) is 23.4. The van der Waals surface area contributed by atoms with Crippen molar-refractivity contribution < 1.29 is 5.11 Å². The van der Waals surface area contributed by atoms with Gasteiger partial charge < -0.3 is 5.11 Å². The highest BCUT2D eigenvalue weighted by molar-refractivity contribution is 7.10. The van der Waals surface area contributed by atoms with Crippen molar-refractivity contribution in [3.05, 3.63) is 56.7 Å². The minimum absolute atomic E-state index is 0.675. The van der Waals surface area contributed by atoms with E-state index in [2.05, 4.69) is 6.07 Å². The molecule has 0 aliphatic heterocycles. The number of fused-ring (bicyclic) bond motifs is 1. The van der Waals surface area contributed by atoms with Crippen LogP contribution in [0.3, 0.4) is 0 Å². The van der Waals surface area contributed by atoms with Gasteiger partial charge in [-0.1, -0.05) is 35.9 Å². The maximum absolute atomic E-state index is 11.0. The van der Waals surface area contributed by atoms with Crippen LogP contribution in [0.5, 0.6) is 0 Å². The highest BCUT2D eigenvalue weighted by Crippen LogP contribution is 2.45. The number of halogens is 1. The molecule has 1 heterocycles. The number of rotatable bonds is 1. The molecule has 17 heavy (non-hydrogen) atoms. The fourth-order valence-electron chi connectivity index (χ4n) is 2.64. The topological polar surface area (TPSA) is 20.2 Å². The average Bonchev–Trinajstić information content (AvgIpc) is 2.77. The van der Waals surface area contributed by atoms with E-state index in [0.29, 0.717) is 5.02 Å². The molecule has 0 radical (unpaired) electrons. The summed E-state index contributed by atoms with van der Waals surface area (Å²) < 4.78 is 0. The van der Waals surface area contributed by atoms with Gasteiger partial charge in [-0.15, -0.1) is 11.3 Å². The van der Waals surface area contributed by atoms with Gasteiger partial charge in [0, 0.05) is 0 Å². The lowest BCUT2D eigenvalue weighted by Crippen LogP contribution is -2.31. The molecular formula is C14H13ClOS. The fraction of sp³-hybridized carbons (Fsp3) is 0.286. The number of aryl methyl sites for hydroxylation is 1. The van der Waals surface area contributed by atoms with Gasteiger partial charge in [-0.3, -0.25) is 0 Å². The maximum Gasteiger partial charge on any atom is 0.125 e. The predicted octanol–water partition coefficient (Wildman–Crippen LogP) is 3.97. The van der Waals surface area contributed by atoms with Gasteiger partial charge in [-0.2, -0.15) is 0 Å². The largest absolute Gasteiger partial charge is 0.379 e. The average molecular weight is 265 g/mol. The summed E-state index contributed by atoms with van der Waals surface area (Å²) in [6.45, 7) is 0. The SMILES string of the molecule is OC1(c2sccc2Cl)CCCc2ccccc21. The van der Waals surface area contributed by atoms with Crippen LogP contribution in [0.2, 0.25) is 5.02 Å². The van der Waals surface area contributed by atoms with E-state index in [1.165, 1.54) is 16.9 Å². The molecule has 1 aliphatic rings. The molecule has 3 rings (SSSR count). The van der Waals surface area contributed by atoms with Crippen LogP contribution in [0.4, 0.5) is 0 Å². The van der Waals surface area contributed by atoms with Crippen molar-refractivity contribution >= 4 is 22.9 Å². The van der Waals surface area contributed by atoms with Crippen molar-refractivity contribution in [1.29, 1.82) is 0 Å². The third-order valence-corrected chi connectivity index (χ3v) is 4.93.